The van der Waals surface area contributed by atoms with Gasteiger partial charge in [-0.15, -0.1) is 0 Å². The molecule has 2 aromatic rings. The molecule has 0 atom stereocenters. The Labute approximate surface area is 106 Å². The zero-order valence-electron chi connectivity index (χ0n) is 9.94. The Hall–Kier alpha value is -1.39. The van der Waals surface area contributed by atoms with E-state index in [2.05, 4.69) is 22.3 Å². The monoisotopic (exact) mass is 250 g/mol. The molecule has 4 nitrogen and oxygen atoms in total. The van der Waals surface area contributed by atoms with Crippen LogP contribution in [0.25, 0.3) is 5.69 Å². The van der Waals surface area contributed by atoms with Gasteiger partial charge in [-0.25, -0.2) is 4.68 Å². The molecule has 0 bridgehead atoms. The molecule has 90 valence electrons. The van der Waals surface area contributed by atoms with Crippen LogP contribution in [0.3, 0.4) is 0 Å². The first kappa shape index (κ1) is 12.1. The molecule has 0 amide bonds. The molecular formula is C12H15ClN4. The second-order valence-electron chi connectivity index (χ2n) is 3.79. The van der Waals surface area contributed by atoms with Gasteiger partial charge < -0.3 is 5.32 Å². The van der Waals surface area contributed by atoms with Crippen molar-refractivity contribution in [2.45, 2.75) is 20.4 Å². The summed E-state index contributed by atoms with van der Waals surface area (Å²) < 4.78 is 1.80. The average Bonchev–Trinajstić information content (AvgIpc) is 2.67. The molecule has 1 N–H and O–H groups in total. The van der Waals surface area contributed by atoms with E-state index in [1.807, 2.05) is 25.4 Å². The number of hydrogen-bond donors (Lipinski definition) is 1. The van der Waals surface area contributed by atoms with Crippen LogP contribution in [0.1, 0.15) is 18.2 Å². The fourth-order valence-corrected chi connectivity index (χ4v) is 1.73. The van der Waals surface area contributed by atoms with Crippen LogP contribution in [0.4, 0.5) is 0 Å². The van der Waals surface area contributed by atoms with Crippen molar-refractivity contribution in [2.75, 3.05) is 6.54 Å². The van der Waals surface area contributed by atoms with Crippen molar-refractivity contribution in [3.8, 4) is 5.69 Å². The summed E-state index contributed by atoms with van der Waals surface area (Å²) in [6.45, 7) is 5.67. The Morgan fingerprint density at radius 2 is 2.29 bits per heavy atom. The molecule has 17 heavy (non-hydrogen) atoms. The topological polar surface area (TPSA) is 42.7 Å². The number of aryl methyl sites for hydroxylation is 1. The summed E-state index contributed by atoms with van der Waals surface area (Å²) >= 11 is 6.02. The van der Waals surface area contributed by atoms with Crippen LogP contribution in [0.2, 0.25) is 5.02 Å². The van der Waals surface area contributed by atoms with E-state index >= 15 is 0 Å². The molecule has 0 aliphatic rings. The molecule has 0 fully saturated rings. The molecule has 0 radical (unpaired) electrons. The van der Waals surface area contributed by atoms with Crippen molar-refractivity contribution in [2.24, 2.45) is 0 Å². The van der Waals surface area contributed by atoms with Gasteiger partial charge in [0.25, 0.3) is 0 Å². The lowest BCUT2D eigenvalue weighted by atomic mass is 10.2. The maximum absolute atomic E-state index is 6.02. The lowest BCUT2D eigenvalue weighted by Crippen LogP contribution is -2.14. The van der Waals surface area contributed by atoms with Gasteiger partial charge in [-0.1, -0.05) is 18.5 Å². The van der Waals surface area contributed by atoms with Crippen molar-refractivity contribution in [1.82, 2.24) is 20.1 Å². The third kappa shape index (κ3) is 2.65. The van der Waals surface area contributed by atoms with Crippen molar-refractivity contribution in [1.29, 1.82) is 0 Å². The molecule has 2 rings (SSSR count). The van der Waals surface area contributed by atoms with Crippen LogP contribution in [-0.4, -0.2) is 21.3 Å². The van der Waals surface area contributed by atoms with Crippen molar-refractivity contribution < 1.29 is 0 Å². The molecule has 0 saturated heterocycles. The number of nitrogens with zero attached hydrogens (tertiary/aromatic N) is 3. The Bertz CT molecular complexity index is 487. The predicted molar refractivity (Wildman–Crippen MR) is 68.5 cm³/mol. The van der Waals surface area contributed by atoms with E-state index in [4.69, 9.17) is 11.6 Å². The average molecular weight is 251 g/mol. The van der Waals surface area contributed by atoms with E-state index in [9.17, 15) is 0 Å². The van der Waals surface area contributed by atoms with E-state index in [-0.39, 0.29) is 0 Å². The molecule has 0 aromatic carbocycles. The highest BCUT2D eigenvalue weighted by Gasteiger charge is 2.08. The minimum absolute atomic E-state index is 0.677. The standard InChI is InChI=1S/C12H15ClN4/c1-3-14-6-10-7-15-5-4-12(10)17-8-11(13)9(2)16-17/h4-5,7-8,14H,3,6H2,1-2H3. The Kier molecular flexibility index (Phi) is 3.76. The SMILES string of the molecule is CCNCc1cnccc1-n1cc(Cl)c(C)n1. The first-order chi connectivity index (χ1) is 8.22. The van der Waals surface area contributed by atoms with Crippen LogP contribution in [0.15, 0.2) is 24.7 Å². The zero-order chi connectivity index (χ0) is 12.3. The van der Waals surface area contributed by atoms with Gasteiger partial charge in [0.1, 0.15) is 0 Å². The van der Waals surface area contributed by atoms with Gasteiger partial charge in [0, 0.05) is 30.7 Å². The summed E-state index contributed by atoms with van der Waals surface area (Å²) in [6.07, 6.45) is 5.43. The van der Waals surface area contributed by atoms with Gasteiger partial charge in [0.15, 0.2) is 0 Å². The number of hydrogen-bond acceptors (Lipinski definition) is 3. The maximum Gasteiger partial charge on any atom is 0.0819 e. The van der Waals surface area contributed by atoms with Crippen molar-refractivity contribution in [3.63, 3.8) is 0 Å². The second-order valence-corrected chi connectivity index (χ2v) is 4.20. The molecular weight excluding hydrogens is 236 g/mol. The first-order valence-electron chi connectivity index (χ1n) is 5.58. The van der Waals surface area contributed by atoms with Crippen LogP contribution in [0.5, 0.6) is 0 Å². The third-order valence-corrected chi connectivity index (χ3v) is 2.90. The van der Waals surface area contributed by atoms with E-state index in [0.29, 0.717) is 5.02 Å². The van der Waals surface area contributed by atoms with Gasteiger partial charge >= 0.3 is 0 Å². The van der Waals surface area contributed by atoms with E-state index < -0.39 is 0 Å². The molecule has 2 heterocycles. The lowest BCUT2D eigenvalue weighted by Gasteiger charge is -2.08. The number of rotatable bonds is 4. The van der Waals surface area contributed by atoms with Gasteiger partial charge in [0.2, 0.25) is 0 Å². The van der Waals surface area contributed by atoms with Gasteiger partial charge in [-0.2, -0.15) is 5.10 Å². The van der Waals surface area contributed by atoms with Crippen LogP contribution >= 0.6 is 11.6 Å². The van der Waals surface area contributed by atoms with Crippen LogP contribution in [0, 0.1) is 6.92 Å². The number of aromatic nitrogens is 3. The highest BCUT2D eigenvalue weighted by molar-refractivity contribution is 6.31. The number of halogens is 1. The summed E-state index contributed by atoms with van der Waals surface area (Å²) in [5.74, 6) is 0. The normalized spacial score (nSPS) is 10.8. The Morgan fingerprint density at radius 1 is 1.47 bits per heavy atom. The zero-order valence-corrected chi connectivity index (χ0v) is 10.7. The summed E-state index contributed by atoms with van der Waals surface area (Å²) in [7, 11) is 0. The second kappa shape index (κ2) is 5.29. The lowest BCUT2D eigenvalue weighted by molar-refractivity contribution is 0.713. The van der Waals surface area contributed by atoms with Crippen LogP contribution < -0.4 is 5.32 Å². The highest BCUT2D eigenvalue weighted by atomic mass is 35.5. The van der Waals surface area contributed by atoms with Crippen LogP contribution in [-0.2, 0) is 6.54 Å². The smallest absolute Gasteiger partial charge is 0.0819 e. The molecule has 0 unspecified atom stereocenters. The Balaban J connectivity index is 2.37. The van der Waals surface area contributed by atoms with Crippen molar-refractivity contribution >= 4 is 11.6 Å². The molecule has 0 spiro atoms. The Morgan fingerprint density at radius 3 is 2.94 bits per heavy atom. The summed E-state index contributed by atoms with van der Waals surface area (Å²) in [6, 6.07) is 1.94. The maximum atomic E-state index is 6.02. The highest BCUT2D eigenvalue weighted by Crippen LogP contribution is 2.18. The van der Waals surface area contributed by atoms with Crippen molar-refractivity contribution in [3.05, 3.63) is 40.9 Å². The van der Waals surface area contributed by atoms with Gasteiger partial charge in [-0.05, 0) is 19.5 Å². The predicted octanol–water partition coefficient (Wildman–Crippen LogP) is 2.34. The fraction of sp³-hybridized carbons (Fsp3) is 0.333. The van der Waals surface area contributed by atoms with Gasteiger partial charge in [-0.3, -0.25) is 4.98 Å². The molecule has 0 saturated carbocycles. The number of nitrogens with one attached hydrogen (secondary N) is 1. The van der Waals surface area contributed by atoms with E-state index in [1.54, 1.807) is 10.9 Å². The fourth-order valence-electron chi connectivity index (χ4n) is 1.60. The molecule has 0 aliphatic heterocycles. The summed E-state index contributed by atoms with van der Waals surface area (Å²) in [4.78, 5) is 4.14. The van der Waals surface area contributed by atoms with E-state index in [1.165, 1.54) is 0 Å². The molecule has 2 aromatic heterocycles. The largest absolute Gasteiger partial charge is 0.313 e. The van der Waals surface area contributed by atoms with E-state index in [0.717, 1.165) is 30.0 Å². The molecule has 0 aliphatic carbocycles. The minimum atomic E-state index is 0.677. The first-order valence-corrected chi connectivity index (χ1v) is 5.96. The quantitative estimate of drug-likeness (QED) is 0.906. The summed E-state index contributed by atoms with van der Waals surface area (Å²) in [5.41, 5.74) is 2.95. The van der Waals surface area contributed by atoms with Gasteiger partial charge in [0.05, 0.1) is 16.4 Å². The third-order valence-electron chi connectivity index (χ3n) is 2.53. The summed E-state index contributed by atoms with van der Waals surface area (Å²) in [5, 5.41) is 8.34. The molecule has 5 heteroatoms. The minimum Gasteiger partial charge on any atom is -0.313 e. The number of pyridine rings is 1.